The van der Waals surface area contributed by atoms with Gasteiger partial charge in [-0.2, -0.15) is 0 Å². The van der Waals surface area contributed by atoms with Gasteiger partial charge in [0, 0.05) is 6.07 Å². The van der Waals surface area contributed by atoms with Gasteiger partial charge in [-0.3, -0.25) is 4.72 Å². The van der Waals surface area contributed by atoms with Crippen LogP contribution >= 0.6 is 0 Å². The zero-order valence-corrected chi connectivity index (χ0v) is 16.0. The van der Waals surface area contributed by atoms with Gasteiger partial charge >= 0.3 is 5.97 Å². The summed E-state index contributed by atoms with van der Waals surface area (Å²) in [4.78, 5) is 10.9. The highest BCUT2D eigenvalue weighted by molar-refractivity contribution is 7.92. The lowest BCUT2D eigenvalue weighted by Crippen LogP contribution is -2.16. The first-order valence-corrected chi connectivity index (χ1v) is 9.64. The topological polar surface area (TPSA) is 111 Å². The van der Waals surface area contributed by atoms with Crippen molar-refractivity contribution in [1.29, 1.82) is 0 Å². The Bertz CT molecular complexity index is 925. The summed E-state index contributed by atoms with van der Waals surface area (Å²) in [6.45, 7) is 4.33. The van der Waals surface area contributed by atoms with Gasteiger partial charge in [-0.15, -0.1) is 0 Å². The second-order valence-corrected chi connectivity index (χ2v) is 6.95. The molecule has 0 saturated heterocycles. The number of ether oxygens (including phenoxy) is 3. The van der Waals surface area contributed by atoms with E-state index in [0.717, 1.165) is 6.07 Å². The average Bonchev–Trinajstić information content (AvgIpc) is 2.63. The van der Waals surface area contributed by atoms with Crippen LogP contribution in [0.2, 0.25) is 0 Å². The van der Waals surface area contributed by atoms with E-state index in [1.54, 1.807) is 19.1 Å². The van der Waals surface area contributed by atoms with E-state index in [4.69, 9.17) is 19.3 Å². The van der Waals surface area contributed by atoms with Gasteiger partial charge in [-0.25, -0.2) is 13.2 Å². The fraction of sp³-hybridized carbons (Fsp3) is 0.278. The van der Waals surface area contributed by atoms with Crippen LogP contribution in [0.1, 0.15) is 24.2 Å². The molecule has 0 fully saturated rings. The molecule has 0 aliphatic rings. The molecule has 2 aromatic rings. The molecular formula is C18H21NO7S. The van der Waals surface area contributed by atoms with Crippen LogP contribution in [0.5, 0.6) is 17.2 Å². The summed E-state index contributed by atoms with van der Waals surface area (Å²) in [6.07, 6.45) is 0. The standard InChI is InChI=1S/C18H21NO7S/c1-4-25-13-7-9-15(26-5-2)14(11-13)19-27(22,23)17-10-12(18(20)21)6-8-16(17)24-3/h6-11,19H,4-5H2,1-3H3,(H,20,21). The van der Waals surface area contributed by atoms with E-state index < -0.39 is 16.0 Å². The minimum absolute atomic E-state index is 0.0198. The van der Waals surface area contributed by atoms with Crippen molar-refractivity contribution >= 4 is 21.7 Å². The third-order valence-corrected chi connectivity index (χ3v) is 4.89. The Kier molecular flexibility index (Phi) is 6.51. The van der Waals surface area contributed by atoms with Gasteiger partial charge in [0.1, 0.15) is 22.1 Å². The number of nitrogens with one attached hydrogen (secondary N) is 1. The summed E-state index contributed by atoms with van der Waals surface area (Å²) in [5.41, 5.74) is -0.00476. The van der Waals surface area contributed by atoms with Gasteiger partial charge in [-0.05, 0) is 44.2 Å². The largest absolute Gasteiger partial charge is 0.495 e. The van der Waals surface area contributed by atoms with Crippen molar-refractivity contribution in [3.8, 4) is 17.2 Å². The summed E-state index contributed by atoms with van der Waals surface area (Å²) in [7, 11) is -2.86. The van der Waals surface area contributed by atoms with Crippen LogP contribution in [-0.4, -0.2) is 39.8 Å². The molecule has 0 aliphatic heterocycles. The fourth-order valence-electron chi connectivity index (χ4n) is 2.35. The van der Waals surface area contributed by atoms with Crippen LogP contribution in [0.4, 0.5) is 5.69 Å². The molecule has 0 amide bonds. The molecule has 0 aliphatic carbocycles. The minimum Gasteiger partial charge on any atom is -0.495 e. The van der Waals surface area contributed by atoms with E-state index in [2.05, 4.69) is 4.72 Å². The maximum Gasteiger partial charge on any atom is 0.335 e. The molecule has 146 valence electrons. The SMILES string of the molecule is CCOc1ccc(OCC)c(NS(=O)(=O)c2cc(C(=O)O)ccc2OC)c1. The van der Waals surface area contributed by atoms with E-state index in [1.165, 1.54) is 25.3 Å². The third kappa shape index (κ3) is 4.82. The molecule has 27 heavy (non-hydrogen) atoms. The van der Waals surface area contributed by atoms with E-state index in [1.807, 2.05) is 6.92 Å². The molecule has 0 unspecified atom stereocenters. The molecule has 2 aromatic carbocycles. The molecule has 0 saturated carbocycles. The predicted octanol–water partition coefficient (Wildman–Crippen LogP) is 2.99. The van der Waals surface area contributed by atoms with Crippen LogP contribution < -0.4 is 18.9 Å². The van der Waals surface area contributed by atoms with Crippen LogP contribution in [0.15, 0.2) is 41.3 Å². The van der Waals surface area contributed by atoms with Gasteiger partial charge in [-0.1, -0.05) is 0 Å². The maximum atomic E-state index is 12.9. The number of hydrogen-bond acceptors (Lipinski definition) is 6. The zero-order chi connectivity index (χ0) is 20.0. The Balaban J connectivity index is 2.51. The smallest absolute Gasteiger partial charge is 0.335 e. The number of carboxylic acids is 1. The van der Waals surface area contributed by atoms with Gasteiger partial charge < -0.3 is 19.3 Å². The zero-order valence-electron chi connectivity index (χ0n) is 15.2. The second kappa shape index (κ2) is 8.63. The molecule has 0 bridgehead atoms. The van der Waals surface area contributed by atoms with Crippen LogP contribution in [-0.2, 0) is 10.0 Å². The number of anilines is 1. The summed E-state index contributed by atoms with van der Waals surface area (Å²) in [6, 6.07) is 8.35. The first kappa shape index (κ1) is 20.4. The van der Waals surface area contributed by atoms with Crippen molar-refractivity contribution in [3.63, 3.8) is 0 Å². The number of carbonyl (C=O) groups is 1. The van der Waals surface area contributed by atoms with Crippen molar-refractivity contribution in [1.82, 2.24) is 0 Å². The highest BCUT2D eigenvalue weighted by Gasteiger charge is 2.23. The molecule has 0 radical (unpaired) electrons. The van der Waals surface area contributed by atoms with E-state index in [9.17, 15) is 13.2 Å². The molecule has 2 N–H and O–H groups in total. The maximum absolute atomic E-state index is 12.9. The van der Waals surface area contributed by atoms with Gasteiger partial charge in [0.15, 0.2) is 0 Å². The number of rotatable bonds is 9. The minimum atomic E-state index is -4.16. The molecular weight excluding hydrogens is 374 g/mol. The van der Waals surface area contributed by atoms with Crippen molar-refractivity contribution in [2.45, 2.75) is 18.7 Å². The summed E-state index contributed by atoms with van der Waals surface area (Å²) in [5, 5.41) is 9.15. The summed E-state index contributed by atoms with van der Waals surface area (Å²) in [5.74, 6) is -0.448. The number of hydrogen-bond donors (Lipinski definition) is 2. The van der Waals surface area contributed by atoms with Crippen molar-refractivity contribution in [2.24, 2.45) is 0 Å². The second-order valence-electron chi connectivity index (χ2n) is 5.30. The number of benzene rings is 2. The lowest BCUT2D eigenvalue weighted by Gasteiger charge is -2.16. The van der Waals surface area contributed by atoms with E-state index in [-0.39, 0.29) is 21.9 Å². The Hall–Kier alpha value is -2.94. The van der Waals surface area contributed by atoms with Crippen molar-refractivity contribution < 1.29 is 32.5 Å². The van der Waals surface area contributed by atoms with Gasteiger partial charge in [0.2, 0.25) is 0 Å². The normalized spacial score (nSPS) is 10.9. The molecule has 0 heterocycles. The number of aromatic carboxylic acids is 1. The molecule has 0 atom stereocenters. The van der Waals surface area contributed by atoms with Crippen LogP contribution in [0, 0.1) is 0 Å². The van der Waals surface area contributed by atoms with Gasteiger partial charge in [0.05, 0.1) is 31.6 Å². The Labute approximate surface area is 157 Å². The quantitative estimate of drug-likeness (QED) is 0.671. The average molecular weight is 395 g/mol. The summed E-state index contributed by atoms with van der Waals surface area (Å²) >= 11 is 0. The van der Waals surface area contributed by atoms with E-state index in [0.29, 0.717) is 24.7 Å². The monoisotopic (exact) mass is 395 g/mol. The highest BCUT2D eigenvalue weighted by Crippen LogP contribution is 2.33. The fourth-order valence-corrected chi connectivity index (χ4v) is 3.60. The predicted molar refractivity (Wildman–Crippen MR) is 99.5 cm³/mol. The molecule has 0 aromatic heterocycles. The number of methoxy groups -OCH3 is 1. The first-order chi connectivity index (χ1) is 12.8. The third-order valence-electron chi connectivity index (χ3n) is 3.51. The molecule has 9 heteroatoms. The Morgan fingerprint density at radius 1 is 1.04 bits per heavy atom. The Morgan fingerprint density at radius 2 is 1.70 bits per heavy atom. The lowest BCUT2D eigenvalue weighted by molar-refractivity contribution is 0.0696. The Morgan fingerprint density at radius 3 is 2.30 bits per heavy atom. The molecule has 2 rings (SSSR count). The number of carboxylic acid groups (broad SMARTS) is 1. The van der Waals surface area contributed by atoms with Crippen LogP contribution in [0.25, 0.3) is 0 Å². The molecule has 8 nitrogen and oxygen atoms in total. The van der Waals surface area contributed by atoms with Crippen molar-refractivity contribution in [2.75, 3.05) is 25.0 Å². The van der Waals surface area contributed by atoms with E-state index >= 15 is 0 Å². The lowest BCUT2D eigenvalue weighted by atomic mass is 10.2. The van der Waals surface area contributed by atoms with Crippen LogP contribution in [0.3, 0.4) is 0 Å². The van der Waals surface area contributed by atoms with Crippen molar-refractivity contribution in [3.05, 3.63) is 42.0 Å². The van der Waals surface area contributed by atoms with Gasteiger partial charge in [0.25, 0.3) is 10.0 Å². The number of sulfonamides is 1. The summed E-state index contributed by atoms with van der Waals surface area (Å²) < 4.78 is 44.2. The highest BCUT2D eigenvalue weighted by atomic mass is 32.2. The first-order valence-electron chi connectivity index (χ1n) is 8.16. The molecule has 0 spiro atoms.